The van der Waals surface area contributed by atoms with E-state index in [2.05, 4.69) is 10.2 Å². The predicted molar refractivity (Wildman–Crippen MR) is 67.0 cm³/mol. The lowest BCUT2D eigenvalue weighted by Crippen LogP contribution is -1.75. The van der Waals surface area contributed by atoms with Gasteiger partial charge in [-0.3, -0.25) is 0 Å². The van der Waals surface area contributed by atoms with Crippen LogP contribution in [0.4, 0.5) is 20.2 Å². The second-order valence-electron chi connectivity index (χ2n) is 3.39. The highest BCUT2D eigenvalue weighted by Crippen LogP contribution is 2.30. The van der Waals surface area contributed by atoms with Crippen LogP contribution in [-0.2, 0) is 0 Å². The fourth-order valence-electron chi connectivity index (χ4n) is 1.23. The molecule has 0 saturated heterocycles. The molecule has 0 aliphatic rings. The van der Waals surface area contributed by atoms with Gasteiger partial charge in [-0.05, 0) is 36.4 Å². The highest BCUT2D eigenvalue weighted by atomic mass is 35.5. The largest absolute Gasteiger partial charge is 0.207 e. The SMILES string of the molecule is Fc1ccc(N=Nc2ccc(F)cc2Cl)c(Cl)c1. The van der Waals surface area contributed by atoms with Crippen molar-refractivity contribution >= 4 is 34.6 Å². The molecule has 0 spiro atoms. The van der Waals surface area contributed by atoms with Gasteiger partial charge in [-0.1, -0.05) is 23.2 Å². The molecule has 2 aromatic rings. The van der Waals surface area contributed by atoms with Crippen molar-refractivity contribution in [3.05, 3.63) is 58.1 Å². The molecule has 92 valence electrons. The lowest BCUT2D eigenvalue weighted by molar-refractivity contribution is 0.627. The Hall–Kier alpha value is -1.52. The first-order chi connectivity index (χ1) is 8.56. The molecule has 0 bridgehead atoms. The molecule has 2 nitrogen and oxygen atoms in total. The average Bonchev–Trinajstić information content (AvgIpc) is 2.30. The van der Waals surface area contributed by atoms with E-state index >= 15 is 0 Å². The fraction of sp³-hybridized carbons (Fsp3) is 0. The maximum atomic E-state index is 12.8. The van der Waals surface area contributed by atoms with Gasteiger partial charge in [0.05, 0.1) is 10.0 Å². The van der Waals surface area contributed by atoms with Crippen LogP contribution in [0.5, 0.6) is 0 Å². The van der Waals surface area contributed by atoms with E-state index in [0.29, 0.717) is 11.4 Å². The van der Waals surface area contributed by atoms with Gasteiger partial charge in [-0.2, -0.15) is 0 Å². The number of hydrogen-bond acceptors (Lipinski definition) is 2. The number of rotatable bonds is 2. The van der Waals surface area contributed by atoms with E-state index in [-0.39, 0.29) is 10.0 Å². The van der Waals surface area contributed by atoms with Crippen LogP contribution in [0.1, 0.15) is 0 Å². The molecule has 0 saturated carbocycles. The van der Waals surface area contributed by atoms with Crippen molar-refractivity contribution in [1.29, 1.82) is 0 Å². The Labute approximate surface area is 112 Å². The zero-order valence-corrected chi connectivity index (χ0v) is 10.4. The third-order valence-corrected chi connectivity index (χ3v) is 2.69. The van der Waals surface area contributed by atoms with Crippen molar-refractivity contribution < 1.29 is 8.78 Å². The molecule has 0 unspecified atom stereocenters. The highest BCUT2D eigenvalue weighted by Gasteiger charge is 2.03. The Kier molecular flexibility index (Phi) is 3.89. The predicted octanol–water partition coefficient (Wildman–Crippen LogP) is 5.69. The Bertz CT molecular complexity index is 562. The molecule has 0 heterocycles. The number of hydrogen-bond donors (Lipinski definition) is 0. The van der Waals surface area contributed by atoms with Crippen molar-refractivity contribution in [3.8, 4) is 0 Å². The first-order valence-electron chi connectivity index (χ1n) is 4.88. The minimum Gasteiger partial charge on any atom is -0.207 e. The van der Waals surface area contributed by atoms with Crippen LogP contribution < -0.4 is 0 Å². The van der Waals surface area contributed by atoms with E-state index in [1.54, 1.807) is 0 Å². The van der Waals surface area contributed by atoms with Crippen LogP contribution in [0.2, 0.25) is 10.0 Å². The first-order valence-corrected chi connectivity index (χ1v) is 5.64. The second-order valence-corrected chi connectivity index (χ2v) is 4.21. The van der Waals surface area contributed by atoms with Gasteiger partial charge in [0.2, 0.25) is 0 Å². The third kappa shape index (κ3) is 3.03. The summed E-state index contributed by atoms with van der Waals surface area (Å²) in [6.07, 6.45) is 0. The van der Waals surface area contributed by atoms with Gasteiger partial charge in [0.25, 0.3) is 0 Å². The summed E-state index contributed by atoms with van der Waals surface area (Å²) < 4.78 is 25.6. The summed E-state index contributed by atoms with van der Waals surface area (Å²) in [5.41, 5.74) is 0.608. The van der Waals surface area contributed by atoms with E-state index in [0.717, 1.165) is 12.1 Å². The average molecular weight is 287 g/mol. The van der Waals surface area contributed by atoms with E-state index in [1.165, 1.54) is 24.3 Å². The van der Waals surface area contributed by atoms with E-state index in [1.807, 2.05) is 0 Å². The normalized spacial score (nSPS) is 11.1. The number of azo groups is 1. The summed E-state index contributed by atoms with van der Waals surface area (Å²) in [7, 11) is 0. The monoisotopic (exact) mass is 286 g/mol. The van der Waals surface area contributed by atoms with Crippen molar-refractivity contribution in [1.82, 2.24) is 0 Å². The van der Waals surface area contributed by atoms with Gasteiger partial charge in [0, 0.05) is 0 Å². The Morgan fingerprint density at radius 1 is 0.722 bits per heavy atom. The Morgan fingerprint density at radius 3 is 1.44 bits per heavy atom. The van der Waals surface area contributed by atoms with Gasteiger partial charge >= 0.3 is 0 Å². The summed E-state index contributed by atoms with van der Waals surface area (Å²) in [6, 6.07) is 7.46. The summed E-state index contributed by atoms with van der Waals surface area (Å²) in [6.45, 7) is 0. The molecule has 0 amide bonds. The van der Waals surface area contributed by atoms with Gasteiger partial charge in [-0.15, -0.1) is 10.2 Å². The summed E-state index contributed by atoms with van der Waals surface area (Å²) >= 11 is 11.5. The Morgan fingerprint density at radius 2 is 1.11 bits per heavy atom. The molecule has 18 heavy (non-hydrogen) atoms. The number of halogens is 4. The number of benzene rings is 2. The van der Waals surface area contributed by atoms with E-state index in [4.69, 9.17) is 23.2 Å². The zero-order valence-electron chi connectivity index (χ0n) is 8.87. The molecular formula is C12H6Cl2F2N2. The topological polar surface area (TPSA) is 24.7 Å². The smallest absolute Gasteiger partial charge is 0.124 e. The van der Waals surface area contributed by atoms with E-state index < -0.39 is 11.6 Å². The van der Waals surface area contributed by atoms with Gasteiger partial charge < -0.3 is 0 Å². The Balaban J connectivity index is 2.30. The van der Waals surface area contributed by atoms with Gasteiger partial charge in [-0.25, -0.2) is 8.78 Å². The van der Waals surface area contributed by atoms with Crippen LogP contribution in [0, 0.1) is 11.6 Å². The number of nitrogens with zero attached hydrogens (tertiary/aromatic N) is 2. The standard InChI is InChI=1S/C12H6Cl2F2N2/c13-9-5-7(15)1-3-11(9)17-18-12-4-2-8(16)6-10(12)14/h1-6H. The van der Waals surface area contributed by atoms with Crippen LogP contribution in [0.3, 0.4) is 0 Å². The van der Waals surface area contributed by atoms with Crippen LogP contribution in [0.25, 0.3) is 0 Å². The maximum absolute atomic E-state index is 12.8. The second kappa shape index (κ2) is 5.42. The zero-order chi connectivity index (χ0) is 13.1. The molecule has 2 aromatic carbocycles. The quantitative estimate of drug-likeness (QED) is 0.634. The minimum atomic E-state index is -0.459. The van der Waals surface area contributed by atoms with Crippen molar-refractivity contribution in [2.45, 2.75) is 0 Å². The van der Waals surface area contributed by atoms with Crippen LogP contribution >= 0.6 is 23.2 Å². The van der Waals surface area contributed by atoms with Crippen molar-refractivity contribution in [2.24, 2.45) is 10.2 Å². The fourth-order valence-corrected chi connectivity index (χ4v) is 1.64. The van der Waals surface area contributed by atoms with Crippen molar-refractivity contribution in [3.63, 3.8) is 0 Å². The molecular weight excluding hydrogens is 281 g/mol. The lowest BCUT2D eigenvalue weighted by Gasteiger charge is -1.98. The van der Waals surface area contributed by atoms with Gasteiger partial charge in [0.1, 0.15) is 23.0 Å². The molecule has 0 radical (unpaired) electrons. The summed E-state index contributed by atoms with van der Waals surface area (Å²) in [5.74, 6) is -0.919. The molecule has 6 heteroatoms. The van der Waals surface area contributed by atoms with Crippen LogP contribution in [-0.4, -0.2) is 0 Å². The highest BCUT2D eigenvalue weighted by molar-refractivity contribution is 6.33. The maximum Gasteiger partial charge on any atom is 0.124 e. The van der Waals surface area contributed by atoms with E-state index in [9.17, 15) is 8.78 Å². The minimum absolute atomic E-state index is 0.136. The summed E-state index contributed by atoms with van der Waals surface area (Å²) in [4.78, 5) is 0. The molecule has 0 aliphatic carbocycles. The molecule has 2 rings (SSSR count). The molecule has 0 fully saturated rings. The van der Waals surface area contributed by atoms with Crippen LogP contribution in [0.15, 0.2) is 46.6 Å². The first kappa shape index (κ1) is 12.9. The molecule has 0 atom stereocenters. The molecule has 0 aliphatic heterocycles. The third-order valence-electron chi connectivity index (χ3n) is 2.08. The van der Waals surface area contributed by atoms with Crippen molar-refractivity contribution in [2.75, 3.05) is 0 Å². The molecule has 0 aromatic heterocycles. The summed E-state index contributed by atoms with van der Waals surface area (Å²) in [5, 5.41) is 7.93. The van der Waals surface area contributed by atoms with Gasteiger partial charge in [0.15, 0.2) is 0 Å². The lowest BCUT2D eigenvalue weighted by atomic mass is 10.3. The molecule has 0 N–H and O–H groups in total.